The minimum absolute atomic E-state index is 0.0201. The quantitative estimate of drug-likeness (QED) is 0.174. The smallest absolute Gasteiger partial charge is 0.380 e. The van der Waals surface area contributed by atoms with Gasteiger partial charge >= 0.3 is 15.6 Å². The molecule has 2 saturated carbocycles. The van der Waals surface area contributed by atoms with E-state index in [4.69, 9.17) is 23.1 Å². The number of halogens is 3. The summed E-state index contributed by atoms with van der Waals surface area (Å²) < 4.78 is 95.7. The van der Waals surface area contributed by atoms with Crippen LogP contribution in [0.15, 0.2) is 53.3 Å². The monoisotopic (exact) mass is 612 g/mol. The topological polar surface area (TPSA) is 97.4 Å². The van der Waals surface area contributed by atoms with Crippen LogP contribution in [-0.4, -0.2) is 50.4 Å². The van der Waals surface area contributed by atoms with Crippen LogP contribution in [0.5, 0.6) is 0 Å². The number of fused-ring (bicyclic) bond motifs is 2. The van der Waals surface area contributed by atoms with Gasteiger partial charge in [0.1, 0.15) is 23.2 Å². The number of Topliss-reactive ketones (excluding diaryl/α,β-unsaturated/α-hetero) is 1. The molecule has 5 aliphatic rings. The second kappa shape index (κ2) is 9.13. The molecule has 4 aliphatic carbocycles. The minimum atomic E-state index is -6.06. The maximum atomic E-state index is 14.4. The number of benzene rings is 1. The fourth-order valence-electron chi connectivity index (χ4n) is 8.10. The Kier molecular flexibility index (Phi) is 6.48. The Morgan fingerprint density at radius 2 is 1.76 bits per heavy atom. The first kappa shape index (κ1) is 29.8. The van der Waals surface area contributed by atoms with Crippen LogP contribution < -0.4 is 0 Å². The number of alkyl halides is 3. The molecule has 0 bridgehead atoms. The highest BCUT2D eigenvalue weighted by molar-refractivity contribution is 7.87. The van der Waals surface area contributed by atoms with E-state index in [2.05, 4.69) is 0 Å². The third-order valence-corrected chi connectivity index (χ3v) is 11.6. The second-order valence-corrected chi connectivity index (χ2v) is 14.4. The predicted octanol–water partition coefficient (Wildman–Crippen LogP) is 5.71. The molecule has 1 heterocycles. The molecular formula is C30H35F3O8S. The summed E-state index contributed by atoms with van der Waals surface area (Å²) >= 11 is 0. The Bertz CT molecular complexity index is 1490. The zero-order valence-corrected chi connectivity index (χ0v) is 25.1. The maximum absolute atomic E-state index is 14.4. The number of allylic oxidation sites excluding steroid dienone is 1. The van der Waals surface area contributed by atoms with Gasteiger partial charge in [0.2, 0.25) is 0 Å². The van der Waals surface area contributed by atoms with Gasteiger partial charge in [-0.05, 0) is 52.5 Å². The van der Waals surface area contributed by atoms with Gasteiger partial charge in [-0.1, -0.05) is 48.4 Å². The Balaban J connectivity index is 1.55. The fraction of sp³-hybridized carbons (Fsp3) is 0.633. The van der Waals surface area contributed by atoms with Crippen LogP contribution in [0.25, 0.3) is 0 Å². The molecule has 42 heavy (non-hydrogen) atoms. The first-order chi connectivity index (χ1) is 19.4. The highest BCUT2D eigenvalue weighted by Gasteiger charge is 2.80. The summed E-state index contributed by atoms with van der Waals surface area (Å²) in [5.74, 6) is -3.13. The van der Waals surface area contributed by atoms with Crippen molar-refractivity contribution < 1.29 is 49.5 Å². The van der Waals surface area contributed by atoms with Crippen molar-refractivity contribution in [3.8, 4) is 0 Å². The summed E-state index contributed by atoms with van der Waals surface area (Å²) in [5, 5.41) is 0. The van der Waals surface area contributed by atoms with Crippen LogP contribution in [0.4, 0.5) is 13.2 Å². The lowest BCUT2D eigenvalue weighted by Gasteiger charge is -2.72. The number of ether oxygens (including phenoxy) is 4. The summed E-state index contributed by atoms with van der Waals surface area (Å²) in [6.45, 7) is 8.93. The van der Waals surface area contributed by atoms with Gasteiger partial charge in [0.05, 0.1) is 17.4 Å². The fourth-order valence-corrected chi connectivity index (χ4v) is 8.61. The van der Waals surface area contributed by atoms with E-state index < -0.39 is 68.0 Å². The molecular weight excluding hydrogens is 577 g/mol. The van der Waals surface area contributed by atoms with E-state index in [1.807, 2.05) is 44.2 Å². The van der Waals surface area contributed by atoms with E-state index in [1.54, 1.807) is 20.8 Å². The first-order valence-corrected chi connectivity index (χ1v) is 15.4. The van der Waals surface area contributed by atoms with Crippen LogP contribution in [0.1, 0.15) is 65.7 Å². The number of ketones is 1. The van der Waals surface area contributed by atoms with Crippen molar-refractivity contribution in [2.45, 2.75) is 89.3 Å². The van der Waals surface area contributed by atoms with Gasteiger partial charge < -0.3 is 23.1 Å². The van der Waals surface area contributed by atoms with Crippen LogP contribution in [0, 0.1) is 22.7 Å². The molecule has 12 heteroatoms. The minimum Gasteiger partial charge on any atom is -0.380 e. The molecule has 1 aromatic rings. The zero-order chi connectivity index (χ0) is 30.7. The van der Waals surface area contributed by atoms with E-state index in [1.165, 1.54) is 13.2 Å². The van der Waals surface area contributed by atoms with Crippen LogP contribution in [-0.2, 0) is 38.0 Å². The van der Waals surface area contributed by atoms with Gasteiger partial charge in [-0.3, -0.25) is 4.79 Å². The second-order valence-electron chi connectivity index (χ2n) is 12.8. The number of carbonyl (C=O) groups excluding carboxylic acids is 1. The number of hydrogen-bond acceptors (Lipinski definition) is 8. The van der Waals surface area contributed by atoms with Crippen molar-refractivity contribution >= 4 is 15.9 Å². The number of carbonyl (C=O) groups is 1. The van der Waals surface area contributed by atoms with Gasteiger partial charge in [-0.2, -0.15) is 21.6 Å². The van der Waals surface area contributed by atoms with Gasteiger partial charge in [-0.15, -0.1) is 0 Å². The van der Waals surface area contributed by atoms with Crippen LogP contribution in [0.3, 0.4) is 0 Å². The van der Waals surface area contributed by atoms with Gasteiger partial charge in [0.25, 0.3) is 0 Å². The van der Waals surface area contributed by atoms with Crippen molar-refractivity contribution in [2.24, 2.45) is 22.7 Å². The Labute approximate surface area is 243 Å². The van der Waals surface area contributed by atoms with Crippen molar-refractivity contribution in [3.63, 3.8) is 0 Å². The van der Waals surface area contributed by atoms with Crippen molar-refractivity contribution in [1.29, 1.82) is 0 Å². The summed E-state index contributed by atoms with van der Waals surface area (Å²) in [4.78, 5) is 14.4. The normalized spacial score (nSPS) is 39.6. The van der Waals surface area contributed by atoms with E-state index in [0.717, 1.165) is 11.1 Å². The maximum Gasteiger partial charge on any atom is 0.534 e. The molecule has 6 rings (SSSR count). The lowest BCUT2D eigenvalue weighted by atomic mass is 9.34. The Morgan fingerprint density at radius 3 is 2.38 bits per heavy atom. The molecule has 3 fully saturated rings. The molecule has 0 N–H and O–H groups in total. The van der Waals surface area contributed by atoms with E-state index in [-0.39, 0.29) is 24.5 Å². The molecule has 2 unspecified atom stereocenters. The van der Waals surface area contributed by atoms with Crippen LogP contribution >= 0.6 is 0 Å². The average Bonchev–Trinajstić information content (AvgIpc) is 3.32. The average molecular weight is 613 g/mol. The Hall–Kier alpha value is -2.25. The van der Waals surface area contributed by atoms with Crippen molar-refractivity contribution in [3.05, 3.63) is 58.9 Å². The third kappa shape index (κ3) is 3.81. The molecule has 1 saturated heterocycles. The SMILES string of the molecule is COC(C)(C)O[C@H]1CC=C(OS(=O)(=O)C(F)(F)F)C2[C@@H]3O[C@H](c4ccccc4)O[C@]34CC3C(C)=C(CC(=O)[C@@]21C)[C@@]34C. The predicted molar refractivity (Wildman–Crippen MR) is 143 cm³/mol. The molecule has 0 radical (unpaired) electrons. The van der Waals surface area contributed by atoms with E-state index >= 15 is 0 Å². The summed E-state index contributed by atoms with van der Waals surface area (Å²) in [5.41, 5.74) is -6.20. The zero-order valence-electron chi connectivity index (χ0n) is 24.3. The lowest BCUT2D eigenvalue weighted by Crippen LogP contribution is -2.76. The van der Waals surface area contributed by atoms with E-state index in [0.29, 0.717) is 12.0 Å². The molecule has 1 aliphatic heterocycles. The number of hydrogen-bond donors (Lipinski definition) is 0. The molecule has 0 aromatic heterocycles. The molecule has 0 amide bonds. The highest BCUT2D eigenvalue weighted by atomic mass is 32.2. The summed E-state index contributed by atoms with van der Waals surface area (Å²) in [6.07, 6.45) is -1.12. The molecule has 8 nitrogen and oxygen atoms in total. The number of rotatable bonds is 6. The summed E-state index contributed by atoms with van der Waals surface area (Å²) in [6, 6.07) is 9.12. The van der Waals surface area contributed by atoms with E-state index in [9.17, 15) is 26.4 Å². The summed E-state index contributed by atoms with van der Waals surface area (Å²) in [7, 11) is -4.61. The standard InChI is InChI=1S/C30H35F3O8S/c1-16-18-14-21(34)27(4)22(39-26(2,3)37-6)13-12-20(41-42(35,36)30(31,32)33)23(27)24-29(15-19(16)28(18,29)5)40-25(38-24)17-10-8-7-9-11-17/h7-12,19,22-25H,13-15H2,1-6H3/t19?,22-,23?,24-,25-,27+,28-,29+/m0/s1. The number of methoxy groups -OCH3 is 1. The van der Waals surface area contributed by atoms with Gasteiger partial charge in [0.15, 0.2) is 12.1 Å². The van der Waals surface area contributed by atoms with Crippen molar-refractivity contribution in [1.82, 2.24) is 0 Å². The molecule has 1 aromatic carbocycles. The first-order valence-electron chi connectivity index (χ1n) is 14.0. The van der Waals surface area contributed by atoms with Crippen molar-refractivity contribution in [2.75, 3.05) is 7.11 Å². The lowest BCUT2D eigenvalue weighted by molar-refractivity contribution is -0.263. The van der Waals surface area contributed by atoms with Gasteiger partial charge in [-0.25, -0.2) is 0 Å². The van der Waals surface area contributed by atoms with Crippen LogP contribution in [0.2, 0.25) is 0 Å². The molecule has 1 spiro atoms. The highest BCUT2D eigenvalue weighted by Crippen LogP contribution is 2.77. The third-order valence-electron chi connectivity index (χ3n) is 10.6. The largest absolute Gasteiger partial charge is 0.534 e. The Morgan fingerprint density at radius 1 is 1.10 bits per heavy atom. The van der Waals surface area contributed by atoms with Gasteiger partial charge in [0, 0.05) is 24.5 Å². The molecule has 8 atom stereocenters. The molecule has 230 valence electrons.